The van der Waals surface area contributed by atoms with Gasteiger partial charge in [0.05, 0.1) is 23.3 Å². The highest BCUT2D eigenvalue weighted by atomic mass is 35.5. The summed E-state index contributed by atoms with van der Waals surface area (Å²) in [5, 5.41) is 19.2. The molecule has 0 N–H and O–H groups in total. The van der Waals surface area contributed by atoms with Gasteiger partial charge in [0.2, 0.25) is 0 Å². The van der Waals surface area contributed by atoms with Crippen LogP contribution in [0.5, 0.6) is 5.75 Å². The molecule has 0 aliphatic rings. The number of rotatable bonds is 5. The first-order valence-electron chi connectivity index (χ1n) is 8.28. The predicted octanol–water partition coefficient (Wildman–Crippen LogP) is 5.85. The molecule has 0 fully saturated rings. The number of hydrogen-bond donors (Lipinski definition) is 0. The molecule has 0 aromatic heterocycles. The molecular formula is C23H15ClN2O. The van der Waals surface area contributed by atoms with E-state index in [4.69, 9.17) is 21.6 Å². The summed E-state index contributed by atoms with van der Waals surface area (Å²) in [4.78, 5) is 0. The maximum atomic E-state index is 9.42. The second-order valence-electron chi connectivity index (χ2n) is 5.80. The third-order valence-electron chi connectivity index (χ3n) is 4.00. The van der Waals surface area contributed by atoms with Crippen LogP contribution in [0.15, 0.2) is 72.8 Å². The van der Waals surface area contributed by atoms with Crippen LogP contribution in [0, 0.1) is 22.7 Å². The Morgan fingerprint density at radius 2 is 1.63 bits per heavy atom. The van der Waals surface area contributed by atoms with Gasteiger partial charge in [-0.1, -0.05) is 54.1 Å². The summed E-state index contributed by atoms with van der Waals surface area (Å²) in [6.07, 6.45) is 1.82. The fourth-order valence-corrected chi connectivity index (χ4v) is 2.68. The molecule has 0 atom stereocenters. The molecule has 0 bridgehead atoms. The molecule has 0 saturated heterocycles. The highest BCUT2D eigenvalue weighted by Gasteiger charge is 2.04. The molecule has 3 rings (SSSR count). The third kappa shape index (κ3) is 4.76. The van der Waals surface area contributed by atoms with Crippen molar-refractivity contribution < 1.29 is 4.74 Å². The lowest BCUT2D eigenvalue weighted by atomic mass is 10.0. The Hall–Kier alpha value is -3.53. The molecule has 0 spiro atoms. The van der Waals surface area contributed by atoms with E-state index in [1.807, 2.05) is 60.7 Å². The van der Waals surface area contributed by atoms with E-state index in [-0.39, 0.29) is 0 Å². The zero-order valence-electron chi connectivity index (χ0n) is 14.4. The van der Waals surface area contributed by atoms with E-state index in [2.05, 4.69) is 12.1 Å². The lowest BCUT2D eigenvalue weighted by Crippen LogP contribution is -1.98. The fraction of sp³-hybridized carbons (Fsp3) is 0.0435. The third-order valence-corrected chi connectivity index (χ3v) is 4.25. The fourth-order valence-electron chi connectivity index (χ4n) is 2.55. The van der Waals surface area contributed by atoms with E-state index in [0.29, 0.717) is 28.5 Å². The maximum Gasteiger partial charge on any atom is 0.119 e. The summed E-state index contributed by atoms with van der Waals surface area (Å²) < 4.78 is 5.77. The van der Waals surface area contributed by atoms with Crippen molar-refractivity contribution in [1.82, 2.24) is 0 Å². The van der Waals surface area contributed by atoms with Gasteiger partial charge in [-0.15, -0.1) is 0 Å². The van der Waals surface area contributed by atoms with Crippen LogP contribution in [-0.4, -0.2) is 0 Å². The second kappa shape index (κ2) is 8.72. The summed E-state index contributed by atoms with van der Waals surface area (Å²) in [5.41, 5.74) is 3.72. The highest BCUT2D eigenvalue weighted by molar-refractivity contribution is 6.30. The Bertz CT molecular complexity index is 1040. The van der Waals surface area contributed by atoms with Gasteiger partial charge in [0.1, 0.15) is 12.4 Å². The van der Waals surface area contributed by atoms with Gasteiger partial charge in [-0.25, -0.2) is 0 Å². The Morgan fingerprint density at radius 3 is 2.30 bits per heavy atom. The number of nitriles is 2. The van der Waals surface area contributed by atoms with Crippen molar-refractivity contribution in [1.29, 1.82) is 10.5 Å². The molecule has 0 aliphatic heterocycles. The number of allylic oxidation sites excluding steroid dienone is 1. The molecule has 3 aromatic rings. The lowest BCUT2D eigenvalue weighted by molar-refractivity contribution is 0.306. The van der Waals surface area contributed by atoms with Crippen LogP contribution in [0.3, 0.4) is 0 Å². The van der Waals surface area contributed by atoms with Crippen LogP contribution in [0.1, 0.15) is 22.3 Å². The smallest absolute Gasteiger partial charge is 0.119 e. The molecule has 0 aliphatic carbocycles. The molecule has 0 heterocycles. The first kappa shape index (κ1) is 18.3. The van der Waals surface area contributed by atoms with E-state index in [0.717, 1.165) is 16.7 Å². The molecule has 4 heteroatoms. The first-order valence-corrected chi connectivity index (χ1v) is 8.66. The van der Waals surface area contributed by atoms with Gasteiger partial charge in [0, 0.05) is 10.6 Å². The standard InChI is InChI=1S/C23H15ClN2O/c24-22-9-7-18(8-10-22)21(15-26)13-17-5-11-23(12-6-17)27-16-20-4-2-1-3-19(20)14-25/h1-13H,16H2/b21-13-. The van der Waals surface area contributed by atoms with Gasteiger partial charge in [-0.05, 0) is 47.5 Å². The Balaban J connectivity index is 1.72. The van der Waals surface area contributed by atoms with Crippen molar-refractivity contribution in [2.75, 3.05) is 0 Å². The minimum atomic E-state index is 0.327. The number of ether oxygens (including phenoxy) is 1. The first-order chi connectivity index (χ1) is 13.2. The van der Waals surface area contributed by atoms with Gasteiger partial charge in [0.15, 0.2) is 0 Å². The van der Waals surface area contributed by atoms with Crippen LogP contribution in [0.4, 0.5) is 0 Å². The summed E-state index contributed by atoms with van der Waals surface area (Å²) in [7, 11) is 0. The van der Waals surface area contributed by atoms with E-state index in [9.17, 15) is 5.26 Å². The molecule has 0 unspecified atom stereocenters. The Kier molecular flexibility index (Phi) is 5.90. The summed E-state index contributed by atoms with van der Waals surface area (Å²) in [6, 6.07) is 26.4. The number of nitrogens with zero attached hydrogens (tertiary/aromatic N) is 2. The molecular weight excluding hydrogens is 356 g/mol. The normalized spacial score (nSPS) is 10.7. The minimum Gasteiger partial charge on any atom is -0.489 e. The average molecular weight is 371 g/mol. The Morgan fingerprint density at radius 1 is 0.926 bits per heavy atom. The van der Waals surface area contributed by atoms with Crippen molar-refractivity contribution >= 4 is 23.3 Å². The lowest BCUT2D eigenvalue weighted by Gasteiger charge is -2.08. The quantitative estimate of drug-likeness (QED) is 0.417. The van der Waals surface area contributed by atoms with Crippen molar-refractivity contribution in [3.05, 3.63) is 100 Å². The summed E-state index contributed by atoms with van der Waals surface area (Å²) in [6.45, 7) is 0.327. The van der Waals surface area contributed by atoms with E-state index < -0.39 is 0 Å². The largest absolute Gasteiger partial charge is 0.489 e. The summed E-state index contributed by atoms with van der Waals surface area (Å²) >= 11 is 5.90. The topological polar surface area (TPSA) is 56.8 Å². The zero-order chi connectivity index (χ0) is 19.1. The molecule has 0 saturated carbocycles. The van der Waals surface area contributed by atoms with Gasteiger partial charge in [0.25, 0.3) is 0 Å². The van der Waals surface area contributed by atoms with Crippen LogP contribution in [0.25, 0.3) is 11.6 Å². The Labute approximate surface area is 163 Å². The summed E-state index contributed by atoms with van der Waals surface area (Å²) in [5.74, 6) is 0.699. The second-order valence-corrected chi connectivity index (χ2v) is 6.24. The van der Waals surface area contributed by atoms with E-state index in [1.165, 1.54) is 0 Å². The van der Waals surface area contributed by atoms with Crippen molar-refractivity contribution in [3.63, 3.8) is 0 Å². The van der Waals surface area contributed by atoms with Gasteiger partial charge in [-0.2, -0.15) is 10.5 Å². The van der Waals surface area contributed by atoms with Crippen LogP contribution < -0.4 is 4.74 Å². The van der Waals surface area contributed by atoms with Crippen molar-refractivity contribution in [2.45, 2.75) is 6.61 Å². The molecule has 130 valence electrons. The average Bonchev–Trinajstić information content (AvgIpc) is 2.72. The zero-order valence-corrected chi connectivity index (χ0v) is 15.1. The van der Waals surface area contributed by atoms with Gasteiger partial charge >= 0.3 is 0 Å². The molecule has 0 radical (unpaired) electrons. The van der Waals surface area contributed by atoms with Crippen LogP contribution in [0.2, 0.25) is 5.02 Å². The predicted molar refractivity (Wildman–Crippen MR) is 107 cm³/mol. The molecule has 0 amide bonds. The minimum absolute atomic E-state index is 0.327. The maximum absolute atomic E-state index is 9.42. The van der Waals surface area contributed by atoms with Crippen LogP contribution >= 0.6 is 11.6 Å². The molecule has 27 heavy (non-hydrogen) atoms. The van der Waals surface area contributed by atoms with E-state index >= 15 is 0 Å². The van der Waals surface area contributed by atoms with Gasteiger partial charge < -0.3 is 4.74 Å². The number of benzene rings is 3. The monoisotopic (exact) mass is 370 g/mol. The molecule has 3 nitrogen and oxygen atoms in total. The number of hydrogen-bond acceptors (Lipinski definition) is 3. The molecule has 3 aromatic carbocycles. The van der Waals surface area contributed by atoms with Crippen molar-refractivity contribution in [2.24, 2.45) is 0 Å². The van der Waals surface area contributed by atoms with E-state index in [1.54, 1.807) is 18.2 Å². The van der Waals surface area contributed by atoms with Crippen LogP contribution in [-0.2, 0) is 6.61 Å². The SMILES string of the molecule is N#C/C(=C/c1ccc(OCc2ccccc2C#N)cc1)c1ccc(Cl)cc1. The van der Waals surface area contributed by atoms with Crippen molar-refractivity contribution in [3.8, 4) is 17.9 Å². The number of halogens is 1. The highest BCUT2D eigenvalue weighted by Crippen LogP contribution is 2.22. The van der Waals surface area contributed by atoms with Gasteiger partial charge in [-0.3, -0.25) is 0 Å².